The molecule has 3 aromatic carbocycles. The number of sulfonamides is 1. The molecule has 1 aliphatic rings. The van der Waals surface area contributed by atoms with E-state index in [2.05, 4.69) is 0 Å². The highest BCUT2D eigenvalue weighted by Gasteiger charge is 2.47. The van der Waals surface area contributed by atoms with E-state index < -0.39 is 44.2 Å². The monoisotopic (exact) mass is 532 g/mol. The summed E-state index contributed by atoms with van der Waals surface area (Å²) in [6.45, 7) is 0. The molecule has 0 aliphatic carbocycles. The van der Waals surface area contributed by atoms with Gasteiger partial charge in [0.25, 0.3) is 15.6 Å². The molecule has 0 saturated carbocycles. The number of rotatable bonds is 4. The molecule has 1 aromatic heterocycles. The van der Waals surface area contributed by atoms with E-state index in [9.17, 15) is 22.0 Å². The number of halogens is 4. The number of aromatic nitrogens is 1. The standard InChI is InChI=1S/C25H16Cl2F2N2O3S/c26-17-8-4-15(5-9-17)24-25(16-6-10-18(27)11-7-16)31(22-2-1-3-23(32)30(22)24)35(33,34)21-13-12-19(28)14-20(21)29/h1-14,24-25H. The number of anilines is 1. The summed E-state index contributed by atoms with van der Waals surface area (Å²) >= 11 is 12.1. The first-order chi connectivity index (χ1) is 16.7. The van der Waals surface area contributed by atoms with E-state index in [0.29, 0.717) is 27.2 Å². The highest BCUT2D eigenvalue weighted by atomic mass is 35.5. The lowest BCUT2D eigenvalue weighted by Crippen LogP contribution is -2.34. The molecule has 2 unspecified atom stereocenters. The van der Waals surface area contributed by atoms with Gasteiger partial charge < -0.3 is 0 Å². The lowest BCUT2D eigenvalue weighted by atomic mass is 9.94. The van der Waals surface area contributed by atoms with Crippen LogP contribution in [0, 0.1) is 11.6 Å². The second-order valence-corrected chi connectivity index (χ2v) is 10.6. The van der Waals surface area contributed by atoms with Crippen LogP contribution >= 0.6 is 23.2 Å². The molecule has 0 bridgehead atoms. The molecule has 10 heteroatoms. The Labute approximate surface area is 209 Å². The Morgan fingerprint density at radius 3 is 1.89 bits per heavy atom. The van der Waals surface area contributed by atoms with E-state index in [1.165, 1.54) is 22.8 Å². The number of benzene rings is 3. The summed E-state index contributed by atoms with van der Waals surface area (Å²) in [4.78, 5) is 12.4. The normalized spacial score (nSPS) is 17.4. The van der Waals surface area contributed by atoms with E-state index in [4.69, 9.17) is 23.2 Å². The van der Waals surface area contributed by atoms with E-state index >= 15 is 0 Å². The number of fused-ring (bicyclic) bond motifs is 1. The van der Waals surface area contributed by atoms with Gasteiger partial charge in [-0.3, -0.25) is 9.36 Å². The Kier molecular flexibility index (Phi) is 5.91. The number of hydrogen-bond acceptors (Lipinski definition) is 3. The van der Waals surface area contributed by atoms with Crippen LogP contribution in [0.25, 0.3) is 0 Å². The van der Waals surface area contributed by atoms with Crippen LogP contribution in [0.3, 0.4) is 0 Å². The van der Waals surface area contributed by atoms with Gasteiger partial charge in [0.15, 0.2) is 0 Å². The van der Waals surface area contributed by atoms with E-state index in [1.807, 2.05) is 0 Å². The first-order valence-electron chi connectivity index (χ1n) is 10.4. The highest BCUT2D eigenvalue weighted by molar-refractivity contribution is 7.92. The van der Waals surface area contributed by atoms with Crippen molar-refractivity contribution in [2.75, 3.05) is 4.31 Å². The number of hydrogen-bond donors (Lipinski definition) is 0. The van der Waals surface area contributed by atoms with Crippen molar-refractivity contribution in [1.29, 1.82) is 0 Å². The zero-order chi connectivity index (χ0) is 24.9. The third-order valence-electron chi connectivity index (χ3n) is 5.88. The van der Waals surface area contributed by atoms with Gasteiger partial charge >= 0.3 is 0 Å². The predicted octanol–water partition coefficient (Wildman–Crippen LogP) is 5.97. The van der Waals surface area contributed by atoms with Crippen molar-refractivity contribution in [3.8, 4) is 0 Å². The van der Waals surface area contributed by atoms with Gasteiger partial charge in [-0.15, -0.1) is 0 Å². The molecule has 0 N–H and O–H groups in total. The highest BCUT2D eigenvalue weighted by Crippen LogP contribution is 2.49. The van der Waals surface area contributed by atoms with Gasteiger partial charge in [-0.05, 0) is 53.6 Å². The maximum atomic E-state index is 14.8. The minimum atomic E-state index is -4.60. The third-order valence-corrected chi connectivity index (χ3v) is 8.20. The molecule has 178 valence electrons. The molecule has 1 aliphatic heterocycles. The van der Waals surface area contributed by atoms with Crippen molar-refractivity contribution in [2.45, 2.75) is 17.0 Å². The maximum Gasteiger partial charge on any atom is 0.269 e. The molecule has 35 heavy (non-hydrogen) atoms. The van der Waals surface area contributed by atoms with Crippen LogP contribution in [0.5, 0.6) is 0 Å². The molecular weight excluding hydrogens is 517 g/mol. The zero-order valence-electron chi connectivity index (χ0n) is 17.8. The Bertz CT molecular complexity index is 1590. The van der Waals surface area contributed by atoms with Crippen molar-refractivity contribution in [1.82, 2.24) is 4.57 Å². The fourth-order valence-electron chi connectivity index (χ4n) is 4.39. The molecule has 2 atom stereocenters. The molecule has 0 amide bonds. The van der Waals surface area contributed by atoms with Crippen molar-refractivity contribution in [2.24, 2.45) is 0 Å². The topological polar surface area (TPSA) is 59.4 Å². The van der Waals surface area contributed by atoms with Gasteiger partial charge in [0.05, 0.1) is 12.1 Å². The molecule has 5 nitrogen and oxygen atoms in total. The molecule has 0 saturated heterocycles. The average Bonchev–Trinajstić information content (AvgIpc) is 3.17. The Morgan fingerprint density at radius 2 is 1.31 bits per heavy atom. The fourth-order valence-corrected chi connectivity index (χ4v) is 6.33. The summed E-state index contributed by atoms with van der Waals surface area (Å²) in [6, 6.07) is 17.9. The first-order valence-corrected chi connectivity index (χ1v) is 12.6. The van der Waals surface area contributed by atoms with E-state index in [0.717, 1.165) is 16.4 Å². The number of nitrogens with zero attached hydrogens (tertiary/aromatic N) is 2. The minimum absolute atomic E-state index is 0.0427. The molecule has 0 spiro atoms. The van der Waals surface area contributed by atoms with Gasteiger partial charge in [0, 0.05) is 22.2 Å². The van der Waals surface area contributed by atoms with E-state index in [1.54, 1.807) is 48.5 Å². The van der Waals surface area contributed by atoms with Crippen molar-refractivity contribution < 1.29 is 17.2 Å². The predicted molar refractivity (Wildman–Crippen MR) is 131 cm³/mol. The molecule has 5 rings (SSSR count). The summed E-state index contributed by atoms with van der Waals surface area (Å²) in [5.74, 6) is -2.10. The average molecular weight is 533 g/mol. The Balaban J connectivity index is 1.82. The fraction of sp³-hybridized carbons (Fsp3) is 0.0800. The minimum Gasteiger partial charge on any atom is -0.284 e. The van der Waals surface area contributed by atoms with Gasteiger partial charge in [-0.25, -0.2) is 21.5 Å². The Morgan fingerprint density at radius 1 is 0.743 bits per heavy atom. The second-order valence-electron chi connectivity index (χ2n) is 7.96. The van der Waals surface area contributed by atoms with Crippen LogP contribution < -0.4 is 9.86 Å². The lowest BCUT2D eigenvalue weighted by molar-refractivity contribution is 0.522. The Hall–Kier alpha value is -3.20. The van der Waals surface area contributed by atoms with Crippen molar-refractivity contribution in [3.63, 3.8) is 0 Å². The van der Waals surface area contributed by atoms with Gasteiger partial charge in [-0.2, -0.15) is 0 Å². The van der Waals surface area contributed by atoms with Gasteiger partial charge in [0.1, 0.15) is 22.3 Å². The number of pyridine rings is 1. The summed E-state index contributed by atoms with van der Waals surface area (Å²) in [5, 5.41) is 0.900. The van der Waals surface area contributed by atoms with Gasteiger partial charge in [-0.1, -0.05) is 53.5 Å². The summed E-state index contributed by atoms with van der Waals surface area (Å²) in [7, 11) is -4.60. The lowest BCUT2D eigenvalue weighted by Gasteiger charge is -2.29. The molecular formula is C25H16Cl2F2N2O3S. The van der Waals surface area contributed by atoms with Crippen molar-refractivity contribution >= 4 is 39.0 Å². The van der Waals surface area contributed by atoms with Gasteiger partial charge in [0.2, 0.25) is 0 Å². The molecule has 0 radical (unpaired) electrons. The molecule has 4 aromatic rings. The van der Waals surface area contributed by atoms with Crippen LogP contribution in [0.1, 0.15) is 23.2 Å². The molecule has 0 fully saturated rings. The SMILES string of the molecule is O=c1cccc2n1C(c1ccc(Cl)cc1)C(c1ccc(Cl)cc1)N2S(=O)(=O)c1ccc(F)cc1F. The van der Waals surface area contributed by atoms with Crippen LogP contribution in [0.2, 0.25) is 10.0 Å². The van der Waals surface area contributed by atoms with Crippen LogP contribution in [0.15, 0.2) is 94.6 Å². The maximum absolute atomic E-state index is 14.8. The van der Waals surface area contributed by atoms with Crippen LogP contribution in [-0.2, 0) is 10.0 Å². The third kappa shape index (κ3) is 4.01. The smallest absolute Gasteiger partial charge is 0.269 e. The summed E-state index contributed by atoms with van der Waals surface area (Å²) in [5.41, 5.74) is 0.684. The van der Waals surface area contributed by atoms with Crippen LogP contribution in [-0.4, -0.2) is 13.0 Å². The van der Waals surface area contributed by atoms with Crippen LogP contribution in [0.4, 0.5) is 14.6 Å². The quantitative estimate of drug-likeness (QED) is 0.325. The summed E-state index contributed by atoms with van der Waals surface area (Å²) < 4.78 is 58.5. The van der Waals surface area contributed by atoms with E-state index in [-0.39, 0.29) is 5.82 Å². The van der Waals surface area contributed by atoms with Crippen molar-refractivity contribution in [3.05, 3.63) is 128 Å². The first kappa shape index (κ1) is 23.5. The largest absolute Gasteiger partial charge is 0.284 e. The zero-order valence-corrected chi connectivity index (χ0v) is 20.1. The second kappa shape index (κ2) is 8.78. The summed E-state index contributed by atoms with van der Waals surface area (Å²) in [6.07, 6.45) is 0. The molecule has 2 heterocycles.